The third-order valence-corrected chi connectivity index (χ3v) is 7.31. The summed E-state index contributed by atoms with van der Waals surface area (Å²) in [4.78, 5) is 39.1. The fourth-order valence-electron chi connectivity index (χ4n) is 5.26. The summed E-state index contributed by atoms with van der Waals surface area (Å²) in [5, 5.41) is 24.0. The van der Waals surface area contributed by atoms with Crippen LogP contribution in [0.1, 0.15) is 46.8 Å². The number of nitro groups is 1. The lowest BCUT2D eigenvalue weighted by Crippen LogP contribution is -2.41. The second kappa shape index (κ2) is 12.4. The van der Waals surface area contributed by atoms with E-state index in [1.807, 2.05) is 6.07 Å². The number of methoxy groups -OCH3 is 1. The Bertz CT molecular complexity index is 1400. The number of hydrogen-bond donors (Lipinski definition) is 2. The van der Waals surface area contributed by atoms with Gasteiger partial charge in [-0.25, -0.2) is 0 Å². The van der Waals surface area contributed by atoms with E-state index in [2.05, 4.69) is 5.32 Å². The summed E-state index contributed by atoms with van der Waals surface area (Å²) in [7, 11) is 1.31. The van der Waals surface area contributed by atoms with E-state index in [9.17, 15) is 19.7 Å². The molecular weight excluding hydrogens is 534 g/mol. The van der Waals surface area contributed by atoms with Crippen molar-refractivity contribution in [3.05, 3.63) is 86.8 Å². The molecule has 0 bridgehead atoms. The molecule has 2 aliphatic heterocycles. The van der Waals surface area contributed by atoms with Crippen LogP contribution in [0.5, 0.6) is 17.2 Å². The van der Waals surface area contributed by atoms with Crippen molar-refractivity contribution >= 4 is 11.9 Å². The van der Waals surface area contributed by atoms with Crippen LogP contribution < -0.4 is 19.5 Å². The summed E-state index contributed by atoms with van der Waals surface area (Å²) in [6.07, 6.45) is 4.75. The number of benzene rings is 2. The van der Waals surface area contributed by atoms with Gasteiger partial charge < -0.3 is 34.3 Å². The Morgan fingerprint density at radius 3 is 2.85 bits per heavy atom. The van der Waals surface area contributed by atoms with Crippen molar-refractivity contribution in [1.82, 2.24) is 10.2 Å². The molecule has 2 atom stereocenters. The zero-order valence-corrected chi connectivity index (χ0v) is 22.5. The zero-order valence-electron chi connectivity index (χ0n) is 22.5. The maximum atomic E-state index is 13.7. The Morgan fingerprint density at radius 1 is 1.24 bits per heavy atom. The van der Waals surface area contributed by atoms with Crippen molar-refractivity contribution in [1.29, 1.82) is 0 Å². The van der Waals surface area contributed by atoms with Crippen molar-refractivity contribution in [2.24, 2.45) is 0 Å². The van der Waals surface area contributed by atoms with Gasteiger partial charge in [0.25, 0.3) is 5.91 Å². The molecule has 2 N–H and O–H groups in total. The smallest absolute Gasteiger partial charge is 0.307 e. The number of rotatable bonds is 11. The Morgan fingerprint density at radius 2 is 2.07 bits per heavy atom. The number of nitrogens with one attached hydrogen (secondary N) is 1. The molecule has 41 heavy (non-hydrogen) atoms. The third kappa shape index (κ3) is 6.03. The van der Waals surface area contributed by atoms with Gasteiger partial charge in [0.05, 0.1) is 24.5 Å². The van der Waals surface area contributed by atoms with Crippen molar-refractivity contribution in [2.45, 2.75) is 37.8 Å². The highest BCUT2D eigenvalue weighted by Crippen LogP contribution is 2.38. The predicted octanol–water partition coefficient (Wildman–Crippen LogP) is 2.89. The molecule has 5 rings (SSSR count). The molecule has 2 unspecified atom stereocenters. The van der Waals surface area contributed by atoms with Gasteiger partial charge in [0, 0.05) is 18.7 Å². The maximum Gasteiger partial charge on any atom is 0.307 e. The lowest BCUT2D eigenvalue weighted by Gasteiger charge is -2.35. The minimum Gasteiger partial charge on any atom is -0.469 e. The number of carbonyl (C=O) groups excluding carboxylic acids is 2. The molecule has 1 amide bonds. The van der Waals surface area contributed by atoms with Gasteiger partial charge >= 0.3 is 11.7 Å². The summed E-state index contributed by atoms with van der Waals surface area (Å²) < 4.78 is 21.8. The highest BCUT2D eigenvalue weighted by Gasteiger charge is 2.35. The molecule has 0 saturated heterocycles. The molecule has 0 radical (unpaired) electrons. The van der Waals surface area contributed by atoms with Gasteiger partial charge in [-0.1, -0.05) is 12.1 Å². The number of fused-ring (bicyclic) bond motifs is 2. The quantitative estimate of drug-likeness (QED) is 0.180. The first-order valence-electron chi connectivity index (χ1n) is 13.4. The normalized spacial score (nSPS) is 18.2. The van der Waals surface area contributed by atoms with Crippen molar-refractivity contribution < 1.29 is 38.6 Å². The predicted molar refractivity (Wildman–Crippen MR) is 145 cm³/mol. The van der Waals surface area contributed by atoms with Crippen LogP contribution >= 0.6 is 0 Å². The van der Waals surface area contributed by atoms with Crippen molar-refractivity contribution in [3.63, 3.8) is 0 Å². The molecular formula is C29H31N3O9. The lowest BCUT2D eigenvalue weighted by molar-refractivity contribution is -0.433. The molecule has 12 heteroatoms. The molecule has 0 aromatic heterocycles. The highest BCUT2D eigenvalue weighted by molar-refractivity contribution is 5.97. The zero-order chi connectivity index (χ0) is 28.9. The lowest BCUT2D eigenvalue weighted by atomic mass is 9.94. The summed E-state index contributed by atoms with van der Waals surface area (Å²) in [6, 6.07) is 9.19. The van der Waals surface area contributed by atoms with E-state index in [0.717, 1.165) is 11.1 Å². The maximum absolute atomic E-state index is 13.7. The number of esters is 1. The molecule has 2 aromatic carbocycles. The van der Waals surface area contributed by atoms with Gasteiger partial charge in [0.1, 0.15) is 11.8 Å². The molecule has 216 valence electrons. The number of aliphatic hydroxyl groups is 1. The number of allylic oxidation sites excluding steroid dienone is 1. The standard InChI is InChI=1S/C29H31N3O9/c1-38-27(34)16-23(19-6-9-24-26(15-19)40-17-39-24)31-12-10-18-14-20(7-8-21(18)29(31)35)41-25-5-2-4-22(28(25)32(36)37)30-11-3-13-33/h2,5-9,14-15,22-23,30,33H,3-4,10-13,16-17H2,1H3. The molecule has 2 heterocycles. The van der Waals surface area contributed by atoms with Gasteiger partial charge in [0.2, 0.25) is 12.6 Å². The Labute approximate surface area is 236 Å². The Hall–Kier alpha value is -4.42. The highest BCUT2D eigenvalue weighted by atomic mass is 16.7. The largest absolute Gasteiger partial charge is 0.469 e. The number of ether oxygens (including phenoxy) is 4. The Kier molecular flexibility index (Phi) is 8.50. The first-order valence-corrected chi connectivity index (χ1v) is 13.4. The van der Waals surface area contributed by atoms with E-state index in [1.54, 1.807) is 47.4 Å². The van der Waals surface area contributed by atoms with Gasteiger partial charge in [-0.15, -0.1) is 0 Å². The third-order valence-electron chi connectivity index (χ3n) is 7.31. The number of hydrogen-bond acceptors (Lipinski definition) is 10. The topological polar surface area (TPSA) is 150 Å². The molecule has 3 aliphatic rings. The number of nitrogens with zero attached hydrogens (tertiary/aromatic N) is 2. The van der Waals surface area contributed by atoms with Crippen LogP contribution in [0.15, 0.2) is 60.0 Å². The number of amides is 1. The van der Waals surface area contributed by atoms with E-state index in [0.29, 0.717) is 55.2 Å². The van der Waals surface area contributed by atoms with E-state index in [1.165, 1.54) is 7.11 Å². The minimum absolute atomic E-state index is 0.0121. The van der Waals surface area contributed by atoms with E-state index < -0.39 is 23.0 Å². The molecule has 12 nitrogen and oxygen atoms in total. The summed E-state index contributed by atoms with van der Waals surface area (Å²) in [5.74, 6) is 0.947. The summed E-state index contributed by atoms with van der Waals surface area (Å²) in [5.41, 5.74) is 1.85. The fourth-order valence-corrected chi connectivity index (χ4v) is 5.26. The first kappa shape index (κ1) is 28.1. The van der Waals surface area contributed by atoms with Crippen molar-refractivity contribution in [2.75, 3.05) is 33.6 Å². The van der Waals surface area contributed by atoms with Gasteiger partial charge in [-0.2, -0.15) is 0 Å². The van der Waals surface area contributed by atoms with Gasteiger partial charge in [-0.3, -0.25) is 19.7 Å². The van der Waals surface area contributed by atoms with Crippen LogP contribution in [-0.4, -0.2) is 66.4 Å². The first-order chi connectivity index (χ1) is 19.9. The summed E-state index contributed by atoms with van der Waals surface area (Å²) in [6.45, 7) is 0.866. The SMILES string of the molecule is COC(=O)CC(c1ccc2c(c1)OCO2)N1CCc2cc(OC3=C([N+](=O)[O-])C(NCCCO)CC=C3)ccc2C1=O. The second-order valence-electron chi connectivity index (χ2n) is 9.81. The van der Waals surface area contributed by atoms with E-state index in [4.69, 9.17) is 24.1 Å². The molecule has 2 aromatic rings. The number of aliphatic hydroxyl groups excluding tert-OH is 1. The van der Waals surface area contributed by atoms with Crippen LogP contribution in [0.2, 0.25) is 0 Å². The monoisotopic (exact) mass is 565 g/mol. The summed E-state index contributed by atoms with van der Waals surface area (Å²) >= 11 is 0. The molecule has 0 saturated carbocycles. The van der Waals surface area contributed by atoms with E-state index >= 15 is 0 Å². The minimum atomic E-state index is -0.580. The average Bonchev–Trinajstić information content (AvgIpc) is 3.44. The van der Waals surface area contributed by atoms with Crippen LogP contribution in [0, 0.1) is 10.1 Å². The molecule has 0 fully saturated rings. The Balaban J connectivity index is 1.38. The second-order valence-corrected chi connectivity index (χ2v) is 9.81. The van der Waals surface area contributed by atoms with Crippen molar-refractivity contribution in [3.8, 4) is 17.2 Å². The number of carbonyl (C=O) groups is 2. The average molecular weight is 566 g/mol. The fraction of sp³-hybridized carbons (Fsp3) is 0.379. The molecule has 1 aliphatic carbocycles. The molecule has 0 spiro atoms. The van der Waals surface area contributed by atoms with Crippen LogP contribution in [0.3, 0.4) is 0 Å². The van der Waals surface area contributed by atoms with E-state index in [-0.39, 0.29) is 37.2 Å². The van der Waals surface area contributed by atoms with Crippen LogP contribution in [-0.2, 0) is 16.0 Å². The van der Waals surface area contributed by atoms with Gasteiger partial charge in [-0.05, 0) is 73.3 Å². The van der Waals surface area contributed by atoms with Crippen LogP contribution in [0.25, 0.3) is 0 Å². The van der Waals surface area contributed by atoms with Gasteiger partial charge in [0.15, 0.2) is 11.5 Å². The van der Waals surface area contributed by atoms with Crippen LogP contribution in [0.4, 0.5) is 0 Å².